The number of fused-ring (bicyclic) bond motifs is 1. The van der Waals surface area contributed by atoms with Gasteiger partial charge in [-0.05, 0) is 69.7 Å². The Morgan fingerprint density at radius 1 is 1.05 bits per heavy atom. The number of aromatic nitrogens is 2. The van der Waals surface area contributed by atoms with Crippen molar-refractivity contribution in [2.75, 3.05) is 11.9 Å². The number of nitrogens with zero attached hydrogens (tertiary/aromatic N) is 2. The van der Waals surface area contributed by atoms with Crippen molar-refractivity contribution < 1.29 is 31.8 Å². The molecular weight excluding hydrogens is 502 g/mol. The van der Waals surface area contributed by atoms with Gasteiger partial charge in [-0.25, -0.2) is 18.7 Å². The van der Waals surface area contributed by atoms with Gasteiger partial charge < -0.3 is 14.8 Å². The Balaban J connectivity index is 1.47. The number of alkyl halides is 3. The van der Waals surface area contributed by atoms with Crippen LogP contribution in [0, 0.1) is 12.7 Å². The maximum Gasteiger partial charge on any atom is 0.419 e. The van der Waals surface area contributed by atoms with Crippen LogP contribution in [0.2, 0.25) is 0 Å². The van der Waals surface area contributed by atoms with Crippen LogP contribution in [0.4, 0.5) is 33.7 Å². The van der Waals surface area contributed by atoms with Gasteiger partial charge in [-0.1, -0.05) is 12.1 Å². The zero-order valence-electron chi connectivity index (χ0n) is 21.3. The van der Waals surface area contributed by atoms with Crippen molar-refractivity contribution in [2.45, 2.75) is 45.9 Å². The standard InChI is InChI=1S/C28H27F4N3O3/c1-17-23(11-13-33-25(17)37-14-12-18-5-7-19(8-6-18)28(30,31)32)34-20-9-10-21-22(29)16-35(24(21)15-20)26(36)38-27(2,3)4/h5-11,13,15-16H,12,14H2,1-4H3,(H,33,34). The van der Waals surface area contributed by atoms with E-state index in [1.54, 1.807) is 51.2 Å². The normalized spacial score (nSPS) is 12.0. The van der Waals surface area contributed by atoms with Gasteiger partial charge in [-0.3, -0.25) is 0 Å². The molecule has 10 heteroatoms. The van der Waals surface area contributed by atoms with Crippen molar-refractivity contribution in [2.24, 2.45) is 0 Å². The molecule has 2 heterocycles. The summed E-state index contributed by atoms with van der Waals surface area (Å²) in [4.78, 5) is 16.9. The minimum atomic E-state index is -4.37. The fourth-order valence-electron chi connectivity index (χ4n) is 3.80. The zero-order chi connectivity index (χ0) is 27.7. The molecule has 1 N–H and O–H groups in total. The molecule has 4 aromatic rings. The van der Waals surface area contributed by atoms with E-state index in [0.717, 1.165) is 22.9 Å². The molecule has 0 spiro atoms. The Kier molecular flexibility index (Phi) is 7.35. The average Bonchev–Trinajstić information content (AvgIpc) is 3.16. The van der Waals surface area contributed by atoms with Crippen LogP contribution in [0.5, 0.6) is 5.88 Å². The molecule has 2 aromatic carbocycles. The molecular formula is C28H27F4N3O3. The first-order valence-corrected chi connectivity index (χ1v) is 11.9. The number of pyridine rings is 1. The predicted octanol–water partition coefficient (Wildman–Crippen LogP) is 7.65. The number of carbonyl (C=O) groups excluding carboxylic acids is 1. The molecule has 0 saturated carbocycles. The van der Waals surface area contributed by atoms with Crippen molar-refractivity contribution >= 4 is 28.4 Å². The van der Waals surface area contributed by atoms with E-state index in [9.17, 15) is 22.4 Å². The number of hydrogen-bond donors (Lipinski definition) is 1. The number of carbonyl (C=O) groups is 1. The van der Waals surface area contributed by atoms with Crippen molar-refractivity contribution in [1.82, 2.24) is 9.55 Å². The topological polar surface area (TPSA) is 65.4 Å². The molecule has 6 nitrogen and oxygen atoms in total. The number of anilines is 2. The first-order valence-electron chi connectivity index (χ1n) is 11.9. The fraction of sp³-hybridized carbons (Fsp3) is 0.286. The van der Waals surface area contributed by atoms with Crippen LogP contribution in [0.25, 0.3) is 10.9 Å². The van der Waals surface area contributed by atoms with Crippen LogP contribution in [0.15, 0.2) is 60.9 Å². The Labute approximate surface area is 217 Å². The van der Waals surface area contributed by atoms with E-state index in [1.165, 1.54) is 12.1 Å². The van der Waals surface area contributed by atoms with Gasteiger partial charge in [0.2, 0.25) is 5.88 Å². The third kappa shape index (κ3) is 6.24. The molecule has 0 aliphatic rings. The largest absolute Gasteiger partial charge is 0.477 e. The van der Waals surface area contributed by atoms with E-state index in [0.29, 0.717) is 40.3 Å². The molecule has 4 rings (SSSR count). The highest BCUT2D eigenvalue weighted by atomic mass is 19.4. The van der Waals surface area contributed by atoms with Crippen LogP contribution in [0.1, 0.15) is 37.5 Å². The Hall–Kier alpha value is -4.08. The quantitative estimate of drug-likeness (QED) is 0.260. The van der Waals surface area contributed by atoms with Crippen molar-refractivity contribution in [3.8, 4) is 5.88 Å². The monoisotopic (exact) mass is 529 g/mol. The van der Waals surface area contributed by atoms with Crippen LogP contribution < -0.4 is 10.1 Å². The second kappa shape index (κ2) is 10.4. The molecule has 0 aliphatic carbocycles. The van der Waals surface area contributed by atoms with E-state index in [4.69, 9.17) is 9.47 Å². The lowest BCUT2D eigenvalue weighted by Crippen LogP contribution is -2.26. The van der Waals surface area contributed by atoms with E-state index >= 15 is 0 Å². The summed E-state index contributed by atoms with van der Waals surface area (Å²) in [6.45, 7) is 7.22. The fourth-order valence-corrected chi connectivity index (χ4v) is 3.80. The number of benzene rings is 2. The lowest BCUT2D eigenvalue weighted by atomic mass is 10.1. The summed E-state index contributed by atoms with van der Waals surface area (Å²) < 4.78 is 65.0. The number of nitrogens with one attached hydrogen (secondary N) is 1. The highest BCUT2D eigenvalue weighted by Crippen LogP contribution is 2.31. The smallest absolute Gasteiger partial charge is 0.419 e. The molecule has 0 bridgehead atoms. The van der Waals surface area contributed by atoms with Gasteiger partial charge in [0.15, 0.2) is 0 Å². The molecule has 0 atom stereocenters. The summed E-state index contributed by atoms with van der Waals surface area (Å²) >= 11 is 0. The lowest BCUT2D eigenvalue weighted by Gasteiger charge is -2.19. The van der Waals surface area contributed by atoms with Gasteiger partial charge in [0.05, 0.1) is 23.9 Å². The first kappa shape index (κ1) is 27.0. The van der Waals surface area contributed by atoms with Gasteiger partial charge in [0.1, 0.15) is 11.4 Å². The van der Waals surface area contributed by atoms with Gasteiger partial charge in [0, 0.05) is 34.9 Å². The molecule has 0 aliphatic heterocycles. The molecule has 2 aromatic heterocycles. The van der Waals surface area contributed by atoms with E-state index in [2.05, 4.69) is 10.3 Å². The van der Waals surface area contributed by atoms with Crippen LogP contribution in [0.3, 0.4) is 0 Å². The maximum absolute atomic E-state index is 14.5. The molecule has 0 radical (unpaired) electrons. The second-order valence-corrected chi connectivity index (χ2v) is 9.77. The molecule has 0 unspecified atom stereocenters. The Morgan fingerprint density at radius 3 is 2.42 bits per heavy atom. The third-order valence-corrected chi connectivity index (χ3v) is 5.69. The number of rotatable bonds is 6. The third-order valence-electron chi connectivity index (χ3n) is 5.69. The SMILES string of the molecule is Cc1c(Nc2ccc3c(F)cn(C(=O)OC(C)(C)C)c3c2)ccnc1OCCc1ccc(C(F)(F)F)cc1. The van der Waals surface area contributed by atoms with Gasteiger partial charge in [-0.15, -0.1) is 0 Å². The number of ether oxygens (including phenoxy) is 2. The van der Waals surface area contributed by atoms with Crippen molar-refractivity contribution in [3.63, 3.8) is 0 Å². The number of halogens is 4. The Bertz CT molecular complexity index is 1460. The Morgan fingerprint density at radius 2 is 1.76 bits per heavy atom. The van der Waals surface area contributed by atoms with Gasteiger partial charge >= 0.3 is 12.3 Å². The predicted molar refractivity (Wildman–Crippen MR) is 136 cm³/mol. The highest BCUT2D eigenvalue weighted by Gasteiger charge is 2.30. The summed E-state index contributed by atoms with van der Waals surface area (Å²) in [7, 11) is 0. The van der Waals surface area contributed by atoms with E-state index in [-0.39, 0.29) is 12.0 Å². The van der Waals surface area contributed by atoms with Crippen molar-refractivity contribution in [3.05, 3.63) is 83.4 Å². The van der Waals surface area contributed by atoms with Gasteiger partial charge in [0.25, 0.3) is 0 Å². The summed E-state index contributed by atoms with van der Waals surface area (Å²) in [6, 6.07) is 11.6. The van der Waals surface area contributed by atoms with Crippen LogP contribution in [-0.4, -0.2) is 27.9 Å². The summed E-state index contributed by atoms with van der Waals surface area (Å²) in [6.07, 6.45) is -2.00. The van der Waals surface area contributed by atoms with Gasteiger partial charge in [-0.2, -0.15) is 13.2 Å². The molecule has 0 amide bonds. The minimum absolute atomic E-state index is 0.220. The average molecular weight is 530 g/mol. The van der Waals surface area contributed by atoms with Crippen molar-refractivity contribution in [1.29, 1.82) is 0 Å². The van der Waals surface area contributed by atoms with E-state index < -0.39 is 29.3 Å². The minimum Gasteiger partial charge on any atom is -0.477 e. The summed E-state index contributed by atoms with van der Waals surface area (Å²) in [5, 5.41) is 3.52. The summed E-state index contributed by atoms with van der Waals surface area (Å²) in [5.74, 6) is -0.174. The lowest BCUT2D eigenvalue weighted by molar-refractivity contribution is -0.137. The van der Waals surface area contributed by atoms with Crippen LogP contribution >= 0.6 is 0 Å². The molecule has 38 heavy (non-hydrogen) atoms. The number of hydrogen-bond acceptors (Lipinski definition) is 5. The van der Waals surface area contributed by atoms with Crippen LogP contribution in [-0.2, 0) is 17.3 Å². The zero-order valence-corrected chi connectivity index (χ0v) is 21.3. The maximum atomic E-state index is 14.5. The van der Waals surface area contributed by atoms with E-state index in [1.807, 2.05) is 6.92 Å². The molecule has 200 valence electrons. The molecule has 0 saturated heterocycles. The second-order valence-electron chi connectivity index (χ2n) is 9.77. The first-order chi connectivity index (χ1) is 17.8. The molecule has 0 fully saturated rings. The highest BCUT2D eigenvalue weighted by molar-refractivity contribution is 5.92. The summed E-state index contributed by atoms with van der Waals surface area (Å²) in [5.41, 5.74) is 1.61.